The Balaban J connectivity index is 2.44. The molecular formula is C12H8ClNO5S. The number of nitro benzene ring substituents is 1. The number of nitrogens with zero attached hydrogens (tertiary/aromatic N) is 1. The maximum atomic E-state index is 12.0. The predicted molar refractivity (Wildman–Crippen MR) is 72.4 cm³/mol. The Kier molecular flexibility index (Phi) is 3.91. The van der Waals surface area contributed by atoms with Gasteiger partial charge in [-0.3, -0.25) is 10.1 Å². The summed E-state index contributed by atoms with van der Waals surface area (Å²) in [4.78, 5) is 10.00. The van der Waals surface area contributed by atoms with Crippen molar-refractivity contribution in [3.05, 3.63) is 63.7 Å². The van der Waals surface area contributed by atoms with E-state index in [0.717, 1.165) is 12.1 Å². The highest BCUT2D eigenvalue weighted by Gasteiger charge is 2.23. The van der Waals surface area contributed by atoms with E-state index < -0.39 is 26.5 Å². The Morgan fingerprint density at radius 3 is 2.35 bits per heavy atom. The van der Waals surface area contributed by atoms with Crippen molar-refractivity contribution in [1.29, 1.82) is 0 Å². The van der Waals surface area contributed by atoms with E-state index in [0.29, 0.717) is 0 Å². The van der Waals surface area contributed by atoms with Crippen molar-refractivity contribution in [3.8, 4) is 5.75 Å². The zero-order chi connectivity index (χ0) is 14.8. The molecule has 0 bridgehead atoms. The van der Waals surface area contributed by atoms with E-state index in [4.69, 9.17) is 15.8 Å². The molecule has 0 amide bonds. The summed E-state index contributed by atoms with van der Waals surface area (Å²) in [5.74, 6) is -0.425. The molecule has 0 fully saturated rings. The summed E-state index contributed by atoms with van der Waals surface area (Å²) >= 11 is 5.70. The molecule has 0 aliphatic carbocycles. The zero-order valence-corrected chi connectivity index (χ0v) is 11.5. The van der Waals surface area contributed by atoms with Crippen molar-refractivity contribution in [3.63, 3.8) is 0 Å². The summed E-state index contributed by atoms with van der Waals surface area (Å²) < 4.78 is 28.8. The highest BCUT2D eigenvalue weighted by atomic mass is 35.5. The van der Waals surface area contributed by atoms with Crippen molar-refractivity contribution in [2.75, 3.05) is 0 Å². The van der Waals surface area contributed by atoms with Gasteiger partial charge in [0, 0.05) is 17.2 Å². The van der Waals surface area contributed by atoms with Crippen molar-refractivity contribution in [1.82, 2.24) is 0 Å². The van der Waals surface area contributed by atoms with Crippen LogP contribution >= 0.6 is 11.6 Å². The van der Waals surface area contributed by atoms with Gasteiger partial charge in [-0.2, -0.15) is 8.42 Å². The topological polar surface area (TPSA) is 86.5 Å². The van der Waals surface area contributed by atoms with Crippen LogP contribution in [0, 0.1) is 10.1 Å². The first kappa shape index (κ1) is 14.3. The van der Waals surface area contributed by atoms with E-state index in [1.54, 1.807) is 6.07 Å². The molecule has 0 saturated carbocycles. The first-order valence-electron chi connectivity index (χ1n) is 5.33. The Bertz CT molecular complexity index is 746. The standard InChI is InChI=1S/C12H8ClNO5S/c13-9-6-7-11(14(15)16)12(8-9)19-20(17,18)10-4-2-1-3-5-10/h1-8H. The van der Waals surface area contributed by atoms with Gasteiger partial charge >= 0.3 is 15.8 Å². The number of nitro groups is 1. The van der Waals surface area contributed by atoms with E-state index >= 15 is 0 Å². The van der Waals surface area contributed by atoms with Crippen LogP contribution in [0.5, 0.6) is 5.75 Å². The summed E-state index contributed by atoms with van der Waals surface area (Å²) in [6.07, 6.45) is 0. The molecule has 8 heteroatoms. The van der Waals surface area contributed by atoms with Crippen LogP contribution in [-0.4, -0.2) is 13.3 Å². The lowest BCUT2D eigenvalue weighted by Gasteiger charge is -2.07. The van der Waals surface area contributed by atoms with E-state index in [2.05, 4.69) is 0 Å². The number of benzene rings is 2. The lowest BCUT2D eigenvalue weighted by atomic mass is 10.3. The Morgan fingerprint density at radius 1 is 1.10 bits per heavy atom. The average molecular weight is 314 g/mol. The molecule has 6 nitrogen and oxygen atoms in total. The first-order chi connectivity index (χ1) is 9.40. The third kappa shape index (κ3) is 3.06. The van der Waals surface area contributed by atoms with Crippen LogP contribution in [0.15, 0.2) is 53.4 Å². The third-order valence-electron chi connectivity index (χ3n) is 2.35. The Hall–Kier alpha value is -2.12. The zero-order valence-electron chi connectivity index (χ0n) is 9.89. The minimum Gasteiger partial charge on any atom is -0.372 e. The van der Waals surface area contributed by atoms with Crippen molar-refractivity contribution >= 4 is 27.4 Å². The lowest BCUT2D eigenvalue weighted by Crippen LogP contribution is -2.10. The van der Waals surface area contributed by atoms with Gasteiger partial charge in [-0.05, 0) is 18.2 Å². The van der Waals surface area contributed by atoms with Gasteiger partial charge in [0.2, 0.25) is 5.75 Å². The van der Waals surface area contributed by atoms with Crippen LogP contribution in [0.2, 0.25) is 5.02 Å². The summed E-state index contributed by atoms with van der Waals surface area (Å²) in [6, 6.07) is 10.8. The van der Waals surface area contributed by atoms with Crippen LogP contribution in [0.3, 0.4) is 0 Å². The van der Waals surface area contributed by atoms with Crippen LogP contribution in [0.25, 0.3) is 0 Å². The molecule has 0 radical (unpaired) electrons. The maximum Gasteiger partial charge on any atom is 0.339 e. The van der Waals surface area contributed by atoms with Gasteiger partial charge in [0.25, 0.3) is 0 Å². The molecule has 2 rings (SSSR count). The number of hydrogen-bond donors (Lipinski definition) is 0. The number of hydrogen-bond acceptors (Lipinski definition) is 5. The molecule has 104 valence electrons. The fourth-order valence-electron chi connectivity index (χ4n) is 1.46. The van der Waals surface area contributed by atoms with Crippen LogP contribution in [0.4, 0.5) is 5.69 Å². The van der Waals surface area contributed by atoms with Gasteiger partial charge < -0.3 is 4.18 Å². The molecule has 0 aliphatic rings. The highest BCUT2D eigenvalue weighted by Crippen LogP contribution is 2.32. The van der Waals surface area contributed by atoms with Gasteiger partial charge in [0.1, 0.15) is 4.90 Å². The Morgan fingerprint density at radius 2 is 1.75 bits per heavy atom. The Labute approximate surface area is 119 Å². The van der Waals surface area contributed by atoms with Crippen LogP contribution < -0.4 is 4.18 Å². The normalized spacial score (nSPS) is 11.1. The largest absolute Gasteiger partial charge is 0.372 e. The van der Waals surface area contributed by atoms with E-state index in [1.165, 1.54) is 30.3 Å². The predicted octanol–water partition coefficient (Wildman–Crippen LogP) is 3.02. The monoisotopic (exact) mass is 313 g/mol. The molecule has 2 aromatic rings. The fraction of sp³-hybridized carbons (Fsp3) is 0. The number of rotatable bonds is 4. The molecule has 0 saturated heterocycles. The minimum absolute atomic E-state index is 0.103. The first-order valence-corrected chi connectivity index (χ1v) is 7.12. The van der Waals surface area contributed by atoms with Gasteiger partial charge in [-0.25, -0.2) is 0 Å². The maximum absolute atomic E-state index is 12.0. The van der Waals surface area contributed by atoms with Gasteiger partial charge in [0.05, 0.1) is 4.92 Å². The smallest absolute Gasteiger partial charge is 0.339 e. The van der Waals surface area contributed by atoms with Gasteiger partial charge in [0.15, 0.2) is 0 Å². The lowest BCUT2D eigenvalue weighted by molar-refractivity contribution is -0.385. The molecule has 0 atom stereocenters. The van der Waals surface area contributed by atoms with E-state index in [9.17, 15) is 18.5 Å². The van der Waals surface area contributed by atoms with Crippen LogP contribution in [-0.2, 0) is 10.1 Å². The minimum atomic E-state index is -4.15. The van der Waals surface area contributed by atoms with E-state index in [-0.39, 0.29) is 9.92 Å². The highest BCUT2D eigenvalue weighted by molar-refractivity contribution is 7.87. The molecular weight excluding hydrogens is 306 g/mol. The van der Waals surface area contributed by atoms with Gasteiger partial charge in [-0.1, -0.05) is 29.8 Å². The molecule has 0 N–H and O–H groups in total. The van der Waals surface area contributed by atoms with Crippen LogP contribution in [0.1, 0.15) is 0 Å². The summed E-state index contributed by atoms with van der Waals surface area (Å²) in [7, 11) is -4.15. The average Bonchev–Trinajstić information content (AvgIpc) is 2.39. The molecule has 20 heavy (non-hydrogen) atoms. The quantitative estimate of drug-likeness (QED) is 0.492. The summed E-state index contributed by atoms with van der Waals surface area (Å²) in [5.41, 5.74) is -0.478. The summed E-state index contributed by atoms with van der Waals surface area (Å²) in [5, 5.41) is 11.0. The molecule has 0 aromatic heterocycles. The molecule has 0 heterocycles. The number of halogens is 1. The third-order valence-corrected chi connectivity index (χ3v) is 3.83. The second-order valence-electron chi connectivity index (χ2n) is 3.72. The molecule has 0 spiro atoms. The molecule has 2 aromatic carbocycles. The van der Waals surface area contributed by atoms with Crippen molar-refractivity contribution in [2.45, 2.75) is 4.90 Å². The molecule has 0 aliphatic heterocycles. The second kappa shape index (κ2) is 5.48. The fourth-order valence-corrected chi connectivity index (χ4v) is 2.58. The summed E-state index contributed by atoms with van der Waals surface area (Å²) in [6.45, 7) is 0. The SMILES string of the molecule is O=[N+]([O-])c1ccc(Cl)cc1OS(=O)(=O)c1ccccc1. The van der Waals surface area contributed by atoms with Gasteiger partial charge in [-0.15, -0.1) is 0 Å². The van der Waals surface area contributed by atoms with Crippen molar-refractivity contribution in [2.24, 2.45) is 0 Å². The van der Waals surface area contributed by atoms with E-state index in [1.807, 2.05) is 0 Å². The second-order valence-corrected chi connectivity index (χ2v) is 5.70. The molecule has 0 unspecified atom stereocenters. The van der Waals surface area contributed by atoms with Crippen molar-refractivity contribution < 1.29 is 17.5 Å².